The van der Waals surface area contributed by atoms with Crippen LogP contribution in [0.4, 0.5) is 0 Å². The second-order valence-electron chi connectivity index (χ2n) is 11.9. The summed E-state index contributed by atoms with van der Waals surface area (Å²) in [6.45, 7) is 6.50. The molecule has 0 saturated heterocycles. The van der Waals surface area contributed by atoms with Crippen molar-refractivity contribution in [2.75, 3.05) is 0 Å². The molecule has 1 fully saturated rings. The molecule has 2 aliphatic rings. The Bertz CT molecular complexity index is 1620. The van der Waals surface area contributed by atoms with E-state index in [-0.39, 0.29) is 0 Å². The lowest BCUT2D eigenvalue weighted by Crippen LogP contribution is -2.10. The van der Waals surface area contributed by atoms with Crippen molar-refractivity contribution in [3.8, 4) is 28.6 Å². The van der Waals surface area contributed by atoms with Crippen LogP contribution in [0.1, 0.15) is 92.2 Å². The molecule has 208 valence electrons. The van der Waals surface area contributed by atoms with Crippen LogP contribution in [-0.2, 0) is 12.8 Å². The molecule has 1 aliphatic heterocycles. The van der Waals surface area contributed by atoms with E-state index >= 15 is 0 Å². The molecule has 5 heteroatoms. The SMILES string of the molecule is CCc1ccc(-c2nc(C3CCCC(CC4=NC=C(C)Cc5[nH]c(-c6ccc(C#N)cc6)cc54)CC3)[nH]c2C)cc1. The summed E-state index contributed by atoms with van der Waals surface area (Å²) >= 11 is 0. The van der Waals surface area contributed by atoms with Gasteiger partial charge in [-0.1, -0.05) is 56.2 Å². The minimum absolute atomic E-state index is 0.478. The van der Waals surface area contributed by atoms with Gasteiger partial charge < -0.3 is 9.97 Å². The van der Waals surface area contributed by atoms with Crippen LogP contribution in [0.3, 0.4) is 0 Å². The van der Waals surface area contributed by atoms with Crippen molar-refractivity contribution >= 4 is 5.71 Å². The highest BCUT2D eigenvalue weighted by Gasteiger charge is 2.26. The first-order valence-corrected chi connectivity index (χ1v) is 15.1. The number of allylic oxidation sites excluding steroid dienone is 1. The van der Waals surface area contributed by atoms with Crippen molar-refractivity contribution < 1.29 is 0 Å². The van der Waals surface area contributed by atoms with Crippen molar-refractivity contribution in [1.82, 2.24) is 15.0 Å². The lowest BCUT2D eigenvalue weighted by molar-refractivity contribution is 0.471. The third kappa shape index (κ3) is 5.84. The molecule has 2 N–H and O–H groups in total. The summed E-state index contributed by atoms with van der Waals surface area (Å²) in [7, 11) is 0. The molecule has 2 aromatic heterocycles. The number of hydrogen-bond acceptors (Lipinski definition) is 3. The van der Waals surface area contributed by atoms with Gasteiger partial charge in [-0.2, -0.15) is 5.26 Å². The van der Waals surface area contributed by atoms with Gasteiger partial charge >= 0.3 is 0 Å². The minimum Gasteiger partial charge on any atom is -0.358 e. The predicted octanol–water partition coefficient (Wildman–Crippen LogP) is 8.82. The molecule has 0 radical (unpaired) electrons. The highest BCUT2D eigenvalue weighted by atomic mass is 14.9. The number of aryl methyl sites for hydroxylation is 2. The Morgan fingerprint density at radius 3 is 2.46 bits per heavy atom. The zero-order valence-electron chi connectivity index (χ0n) is 24.4. The first kappa shape index (κ1) is 27.0. The molecule has 0 bridgehead atoms. The van der Waals surface area contributed by atoms with Crippen LogP contribution < -0.4 is 0 Å². The molecule has 0 amide bonds. The van der Waals surface area contributed by atoms with Crippen molar-refractivity contribution in [1.29, 1.82) is 5.26 Å². The molecular weight excluding hydrogens is 502 g/mol. The monoisotopic (exact) mass is 541 g/mol. The summed E-state index contributed by atoms with van der Waals surface area (Å²) in [6, 6.07) is 21.1. The molecule has 2 aromatic carbocycles. The van der Waals surface area contributed by atoms with Crippen LogP contribution in [0, 0.1) is 24.2 Å². The Morgan fingerprint density at radius 2 is 1.71 bits per heavy atom. The Kier molecular flexibility index (Phi) is 7.74. The van der Waals surface area contributed by atoms with Gasteiger partial charge in [-0.05, 0) is 86.8 Å². The minimum atomic E-state index is 0.478. The molecule has 41 heavy (non-hydrogen) atoms. The van der Waals surface area contributed by atoms with Crippen LogP contribution in [-0.4, -0.2) is 20.7 Å². The van der Waals surface area contributed by atoms with Gasteiger partial charge in [-0.15, -0.1) is 0 Å². The van der Waals surface area contributed by atoms with Crippen LogP contribution in [0.25, 0.3) is 22.5 Å². The zero-order chi connectivity index (χ0) is 28.3. The summed E-state index contributed by atoms with van der Waals surface area (Å²) in [5.41, 5.74) is 12.7. The van der Waals surface area contributed by atoms with E-state index in [1.165, 1.54) is 59.4 Å². The van der Waals surface area contributed by atoms with Gasteiger partial charge in [0.2, 0.25) is 0 Å². The maximum Gasteiger partial charge on any atom is 0.110 e. The number of aromatic nitrogens is 3. The number of nitriles is 1. The van der Waals surface area contributed by atoms with Gasteiger partial charge in [0.05, 0.1) is 17.3 Å². The number of fused-ring (bicyclic) bond motifs is 1. The van der Waals surface area contributed by atoms with E-state index in [1.54, 1.807) is 0 Å². The molecule has 2 atom stereocenters. The fourth-order valence-electron chi connectivity index (χ4n) is 6.50. The van der Waals surface area contributed by atoms with Crippen LogP contribution in [0.2, 0.25) is 0 Å². The highest BCUT2D eigenvalue weighted by molar-refractivity contribution is 6.03. The van der Waals surface area contributed by atoms with E-state index in [0.29, 0.717) is 17.4 Å². The van der Waals surface area contributed by atoms with Gasteiger partial charge in [0.1, 0.15) is 5.82 Å². The summed E-state index contributed by atoms with van der Waals surface area (Å²) in [5, 5.41) is 9.18. The Labute approximate surface area is 243 Å². The lowest BCUT2D eigenvalue weighted by Gasteiger charge is -2.16. The third-order valence-electron chi connectivity index (χ3n) is 8.93. The normalized spacial score (nSPS) is 19.0. The van der Waals surface area contributed by atoms with Crippen molar-refractivity contribution in [2.45, 2.75) is 78.1 Å². The smallest absolute Gasteiger partial charge is 0.110 e. The zero-order valence-corrected chi connectivity index (χ0v) is 24.4. The highest BCUT2D eigenvalue weighted by Crippen LogP contribution is 2.37. The van der Waals surface area contributed by atoms with Gasteiger partial charge in [0.25, 0.3) is 0 Å². The summed E-state index contributed by atoms with van der Waals surface area (Å²) in [5.74, 6) is 2.25. The first-order chi connectivity index (χ1) is 20.0. The van der Waals surface area contributed by atoms with E-state index in [1.807, 2.05) is 24.3 Å². The second kappa shape index (κ2) is 11.7. The second-order valence-corrected chi connectivity index (χ2v) is 11.9. The Balaban J connectivity index is 1.17. The fraction of sp³-hybridized carbons (Fsp3) is 0.361. The van der Waals surface area contributed by atoms with Gasteiger partial charge in [-0.25, -0.2) is 4.98 Å². The maximum absolute atomic E-state index is 9.18. The molecule has 6 rings (SSSR count). The van der Waals surface area contributed by atoms with E-state index in [4.69, 9.17) is 9.98 Å². The fourth-order valence-corrected chi connectivity index (χ4v) is 6.50. The van der Waals surface area contributed by atoms with E-state index in [0.717, 1.165) is 54.2 Å². The van der Waals surface area contributed by atoms with E-state index < -0.39 is 0 Å². The molecule has 2 unspecified atom stereocenters. The van der Waals surface area contributed by atoms with E-state index in [9.17, 15) is 5.26 Å². The summed E-state index contributed by atoms with van der Waals surface area (Å²) < 4.78 is 0. The van der Waals surface area contributed by atoms with Crippen LogP contribution in [0.15, 0.2) is 71.4 Å². The number of H-pyrrole nitrogens is 2. The van der Waals surface area contributed by atoms with Gasteiger partial charge in [0.15, 0.2) is 0 Å². The molecular formula is C36H39N5. The number of imidazole rings is 1. The topological polar surface area (TPSA) is 80.6 Å². The molecule has 0 spiro atoms. The third-order valence-corrected chi connectivity index (χ3v) is 8.93. The van der Waals surface area contributed by atoms with Crippen LogP contribution >= 0.6 is 0 Å². The van der Waals surface area contributed by atoms with E-state index in [2.05, 4.69) is 73.3 Å². The maximum atomic E-state index is 9.18. The first-order valence-electron chi connectivity index (χ1n) is 15.1. The number of aromatic amines is 2. The number of nitrogens with zero attached hydrogens (tertiary/aromatic N) is 3. The Hall–Kier alpha value is -4.17. The standard InChI is InChI=1S/C36H39N5/c1-4-25-8-15-29(16-9-25)35-24(3)39-36(41-35)30-7-5-6-26(10-17-30)19-33-31-20-32(28-13-11-27(21-37)12-14-28)40-34(31)18-23(2)22-38-33/h8-9,11-16,20,22,26,30,40H,4-7,10,17-19H2,1-3H3,(H,39,41). The Morgan fingerprint density at radius 1 is 0.927 bits per heavy atom. The number of hydrogen-bond donors (Lipinski definition) is 2. The quantitative estimate of drug-likeness (QED) is 0.239. The lowest BCUT2D eigenvalue weighted by atomic mass is 9.90. The number of aliphatic imine (C=N–C) groups is 1. The van der Waals surface area contributed by atoms with Crippen molar-refractivity contribution in [3.63, 3.8) is 0 Å². The van der Waals surface area contributed by atoms with Gasteiger partial charge in [-0.3, -0.25) is 4.99 Å². The molecule has 1 aliphatic carbocycles. The molecule has 4 aromatic rings. The molecule has 1 saturated carbocycles. The molecule has 5 nitrogen and oxygen atoms in total. The largest absolute Gasteiger partial charge is 0.358 e. The average molecular weight is 542 g/mol. The summed E-state index contributed by atoms with van der Waals surface area (Å²) in [6.07, 6.45) is 11.0. The van der Waals surface area contributed by atoms with Crippen molar-refractivity contribution in [2.24, 2.45) is 10.9 Å². The summed E-state index contributed by atoms with van der Waals surface area (Å²) in [4.78, 5) is 17.5. The number of nitrogens with one attached hydrogen (secondary N) is 2. The predicted molar refractivity (Wildman–Crippen MR) is 167 cm³/mol. The van der Waals surface area contributed by atoms with Crippen LogP contribution in [0.5, 0.6) is 0 Å². The average Bonchev–Trinajstić information content (AvgIpc) is 3.46. The number of benzene rings is 2. The van der Waals surface area contributed by atoms with Crippen molar-refractivity contribution in [3.05, 3.63) is 100 Å². The van der Waals surface area contributed by atoms with Gasteiger partial charge in [0, 0.05) is 52.5 Å². The number of rotatable bonds is 6. The molecule has 3 heterocycles.